The molecule has 0 aromatic carbocycles. The van der Waals surface area contributed by atoms with Crippen molar-refractivity contribution >= 4 is 28.2 Å². The molecule has 0 bridgehead atoms. The van der Waals surface area contributed by atoms with E-state index in [1.807, 2.05) is 31.0 Å². The Bertz CT molecular complexity index is 834. The molecule has 4 rings (SSSR count). The van der Waals surface area contributed by atoms with Gasteiger partial charge in [-0.3, -0.25) is 4.79 Å². The van der Waals surface area contributed by atoms with Crippen molar-refractivity contribution in [2.75, 3.05) is 25.0 Å². The summed E-state index contributed by atoms with van der Waals surface area (Å²) in [6.45, 7) is 5.66. The Labute approximate surface area is 169 Å². The highest BCUT2D eigenvalue weighted by atomic mass is 32.1. The van der Waals surface area contributed by atoms with Gasteiger partial charge in [0.2, 0.25) is 5.91 Å². The van der Waals surface area contributed by atoms with Gasteiger partial charge in [0.25, 0.3) is 0 Å². The first kappa shape index (κ1) is 19.3. The highest BCUT2D eigenvalue weighted by Crippen LogP contribution is 2.29. The summed E-state index contributed by atoms with van der Waals surface area (Å²) < 4.78 is 5.97. The molecule has 0 unspecified atom stereocenters. The number of anilines is 2. The van der Waals surface area contributed by atoms with Gasteiger partial charge in [-0.25, -0.2) is 15.0 Å². The maximum Gasteiger partial charge on any atom is 0.225 e. The molecule has 7 nitrogen and oxygen atoms in total. The minimum atomic E-state index is -0.221. The van der Waals surface area contributed by atoms with Crippen molar-refractivity contribution in [2.24, 2.45) is 5.92 Å². The lowest BCUT2D eigenvalue weighted by atomic mass is 9.88. The Morgan fingerprint density at radius 1 is 1.25 bits per heavy atom. The third-order valence-corrected chi connectivity index (χ3v) is 6.20. The highest BCUT2D eigenvalue weighted by Gasteiger charge is 2.31. The van der Waals surface area contributed by atoms with E-state index in [4.69, 9.17) is 4.74 Å². The number of amides is 1. The van der Waals surface area contributed by atoms with E-state index in [2.05, 4.69) is 20.3 Å². The maximum atomic E-state index is 12.9. The number of nitrogens with zero attached hydrogens (tertiary/aromatic N) is 4. The Morgan fingerprint density at radius 2 is 2.07 bits per heavy atom. The summed E-state index contributed by atoms with van der Waals surface area (Å²) in [6, 6.07) is 1.91. The number of carbonyl (C=O) groups excluding carboxylic acids is 1. The quantitative estimate of drug-likeness (QED) is 0.840. The van der Waals surface area contributed by atoms with Crippen molar-refractivity contribution in [3.8, 4) is 0 Å². The van der Waals surface area contributed by atoms with Crippen LogP contribution in [0.15, 0.2) is 12.3 Å². The lowest BCUT2D eigenvalue weighted by Crippen LogP contribution is -2.45. The van der Waals surface area contributed by atoms with Crippen molar-refractivity contribution in [3.05, 3.63) is 28.7 Å². The van der Waals surface area contributed by atoms with E-state index in [0.717, 1.165) is 28.5 Å². The monoisotopic (exact) mass is 401 g/mol. The van der Waals surface area contributed by atoms with E-state index in [0.29, 0.717) is 31.3 Å². The molecule has 1 saturated heterocycles. The zero-order chi connectivity index (χ0) is 19.5. The molecule has 2 fully saturated rings. The predicted octanol–water partition coefficient (Wildman–Crippen LogP) is 3.77. The van der Waals surface area contributed by atoms with E-state index in [9.17, 15) is 4.79 Å². The Morgan fingerprint density at radius 3 is 2.82 bits per heavy atom. The van der Waals surface area contributed by atoms with Gasteiger partial charge >= 0.3 is 0 Å². The Kier molecular flexibility index (Phi) is 5.87. The van der Waals surface area contributed by atoms with Crippen LogP contribution in [0, 0.1) is 19.8 Å². The molecule has 1 amide bonds. The second-order valence-electron chi connectivity index (χ2n) is 7.60. The van der Waals surface area contributed by atoms with E-state index in [1.54, 1.807) is 11.3 Å². The minimum Gasteiger partial charge on any atom is -0.368 e. The molecule has 1 atom stereocenters. The molecule has 28 heavy (non-hydrogen) atoms. The van der Waals surface area contributed by atoms with Crippen LogP contribution in [-0.2, 0) is 9.53 Å². The third kappa shape index (κ3) is 4.50. The van der Waals surface area contributed by atoms with Gasteiger partial charge in [0.1, 0.15) is 17.7 Å². The predicted molar refractivity (Wildman–Crippen MR) is 109 cm³/mol. The number of hydrogen-bond donors (Lipinski definition) is 1. The third-order valence-electron chi connectivity index (χ3n) is 5.38. The summed E-state index contributed by atoms with van der Waals surface area (Å²) in [7, 11) is 0. The van der Waals surface area contributed by atoms with Crippen LogP contribution in [0.1, 0.15) is 54.6 Å². The van der Waals surface area contributed by atoms with Gasteiger partial charge in [-0.1, -0.05) is 19.3 Å². The van der Waals surface area contributed by atoms with Crippen molar-refractivity contribution in [2.45, 2.75) is 52.1 Å². The highest BCUT2D eigenvalue weighted by molar-refractivity contribution is 7.15. The SMILES string of the molecule is Cc1nc(Nc2ncc(C)s2)cc([C@H]2CN(C(=O)C3CCCCC3)CCO2)n1. The number of carbonyl (C=O) groups is 1. The fraction of sp³-hybridized carbons (Fsp3) is 0.600. The number of nitrogens with one attached hydrogen (secondary N) is 1. The topological polar surface area (TPSA) is 80.2 Å². The molecule has 8 heteroatoms. The molecule has 0 spiro atoms. The maximum absolute atomic E-state index is 12.9. The number of aromatic nitrogens is 3. The fourth-order valence-corrected chi connectivity index (χ4v) is 4.65. The van der Waals surface area contributed by atoms with Gasteiger partial charge in [0.15, 0.2) is 5.13 Å². The molecule has 2 aromatic heterocycles. The second kappa shape index (κ2) is 8.53. The summed E-state index contributed by atoms with van der Waals surface area (Å²) in [6.07, 6.45) is 7.25. The van der Waals surface area contributed by atoms with Crippen molar-refractivity contribution in [1.82, 2.24) is 19.9 Å². The van der Waals surface area contributed by atoms with Crippen LogP contribution in [0.25, 0.3) is 0 Å². The zero-order valence-corrected chi connectivity index (χ0v) is 17.3. The van der Waals surface area contributed by atoms with E-state index < -0.39 is 0 Å². The molecule has 0 radical (unpaired) electrons. The average Bonchev–Trinajstić information content (AvgIpc) is 3.12. The molecular formula is C20H27N5O2S. The summed E-state index contributed by atoms with van der Waals surface area (Å²) in [5.74, 6) is 1.85. The first-order chi connectivity index (χ1) is 13.6. The van der Waals surface area contributed by atoms with Gasteiger partial charge in [-0.2, -0.15) is 0 Å². The van der Waals surface area contributed by atoms with Gasteiger partial charge in [0, 0.05) is 29.6 Å². The van der Waals surface area contributed by atoms with Gasteiger partial charge < -0.3 is 15.0 Å². The van der Waals surface area contributed by atoms with Gasteiger partial charge in [-0.05, 0) is 26.7 Å². The molecule has 2 aromatic rings. The first-order valence-corrected chi connectivity index (χ1v) is 10.9. The molecule has 3 heterocycles. The minimum absolute atomic E-state index is 0.185. The summed E-state index contributed by atoms with van der Waals surface area (Å²) in [5, 5.41) is 4.06. The molecule has 2 aliphatic rings. The second-order valence-corrected chi connectivity index (χ2v) is 8.84. The lowest BCUT2D eigenvalue weighted by molar-refractivity contribution is -0.144. The van der Waals surface area contributed by atoms with Crippen molar-refractivity contribution in [1.29, 1.82) is 0 Å². The zero-order valence-electron chi connectivity index (χ0n) is 16.5. The van der Waals surface area contributed by atoms with Crippen LogP contribution >= 0.6 is 11.3 Å². The summed E-state index contributed by atoms with van der Waals surface area (Å²) in [5.41, 5.74) is 0.810. The largest absolute Gasteiger partial charge is 0.368 e. The number of ether oxygens (including phenoxy) is 1. The van der Waals surface area contributed by atoms with Crippen molar-refractivity contribution < 1.29 is 9.53 Å². The normalized spacial score (nSPS) is 20.9. The number of aryl methyl sites for hydroxylation is 2. The van der Waals surface area contributed by atoms with Crippen LogP contribution in [0.4, 0.5) is 10.9 Å². The number of morpholine rings is 1. The van der Waals surface area contributed by atoms with Crippen LogP contribution in [-0.4, -0.2) is 45.5 Å². The smallest absolute Gasteiger partial charge is 0.225 e. The molecule has 1 saturated carbocycles. The summed E-state index contributed by atoms with van der Waals surface area (Å²) >= 11 is 1.58. The summed E-state index contributed by atoms with van der Waals surface area (Å²) in [4.78, 5) is 29.4. The van der Waals surface area contributed by atoms with Crippen molar-refractivity contribution in [3.63, 3.8) is 0 Å². The Hall–Kier alpha value is -2.06. The fourth-order valence-electron chi connectivity index (χ4n) is 3.98. The van der Waals surface area contributed by atoms with Crippen LogP contribution in [0.2, 0.25) is 0 Å². The van der Waals surface area contributed by atoms with Crippen LogP contribution in [0.3, 0.4) is 0 Å². The number of hydrogen-bond acceptors (Lipinski definition) is 7. The van der Waals surface area contributed by atoms with E-state index in [1.165, 1.54) is 19.3 Å². The average molecular weight is 402 g/mol. The number of rotatable bonds is 4. The van der Waals surface area contributed by atoms with E-state index >= 15 is 0 Å². The molecular weight excluding hydrogens is 374 g/mol. The van der Waals surface area contributed by atoms with Gasteiger partial charge in [0.05, 0.1) is 18.8 Å². The van der Waals surface area contributed by atoms with Crippen LogP contribution < -0.4 is 5.32 Å². The molecule has 1 aliphatic heterocycles. The lowest BCUT2D eigenvalue weighted by Gasteiger charge is -2.35. The van der Waals surface area contributed by atoms with E-state index in [-0.39, 0.29) is 17.9 Å². The molecule has 150 valence electrons. The molecule has 1 aliphatic carbocycles. The van der Waals surface area contributed by atoms with Crippen LogP contribution in [0.5, 0.6) is 0 Å². The molecule has 1 N–H and O–H groups in total. The standard InChI is InChI=1S/C20H27N5O2S/c1-13-11-21-20(28-13)24-18-10-16(22-14(2)23-18)17-12-25(8-9-27-17)19(26)15-6-4-3-5-7-15/h10-11,15,17H,3-9,12H2,1-2H3,(H,21,22,23,24)/t17-/m1/s1. The Balaban J connectivity index is 1.47. The first-order valence-electron chi connectivity index (χ1n) is 10.0. The number of thiazole rings is 1. The van der Waals surface area contributed by atoms with Gasteiger partial charge in [-0.15, -0.1) is 11.3 Å².